The van der Waals surface area contributed by atoms with Gasteiger partial charge in [0.15, 0.2) is 0 Å². The minimum atomic E-state index is 0.0409. The number of nitrogens with one attached hydrogen (secondary N) is 1. The van der Waals surface area contributed by atoms with E-state index in [1.165, 1.54) is 5.56 Å². The van der Waals surface area contributed by atoms with Gasteiger partial charge >= 0.3 is 0 Å². The van der Waals surface area contributed by atoms with E-state index in [1.807, 2.05) is 61.5 Å². The first kappa shape index (κ1) is 24.5. The van der Waals surface area contributed by atoms with Gasteiger partial charge in [0.05, 0.1) is 24.1 Å². The molecule has 1 N–H and O–H groups in total. The molecule has 0 fully saturated rings. The van der Waals surface area contributed by atoms with Crippen molar-refractivity contribution in [1.82, 2.24) is 14.9 Å². The lowest BCUT2D eigenvalue weighted by Crippen LogP contribution is -2.28. The van der Waals surface area contributed by atoms with E-state index in [-0.39, 0.29) is 5.91 Å². The molecule has 0 atom stereocenters. The zero-order valence-electron chi connectivity index (χ0n) is 21.0. The number of aryl methyl sites for hydroxylation is 2. The highest BCUT2D eigenvalue weighted by Crippen LogP contribution is 2.26. The van der Waals surface area contributed by atoms with Gasteiger partial charge in [-0.2, -0.15) is 0 Å². The molecule has 0 aliphatic heterocycles. The minimum absolute atomic E-state index is 0.0409. The number of amides is 1. The molecule has 0 unspecified atom stereocenters. The number of hydrogen-bond acceptors (Lipinski definition) is 3. The Morgan fingerprint density at radius 1 is 1.00 bits per heavy atom. The maximum Gasteiger partial charge on any atom is 0.224 e. The van der Waals surface area contributed by atoms with E-state index in [9.17, 15) is 4.79 Å². The number of imidazole rings is 1. The Hall–Kier alpha value is -3.60. The monoisotopic (exact) mass is 469 g/mol. The first-order valence-corrected chi connectivity index (χ1v) is 12.5. The third kappa shape index (κ3) is 6.30. The molecule has 1 amide bonds. The summed E-state index contributed by atoms with van der Waals surface area (Å²) < 4.78 is 8.40. The second kappa shape index (κ2) is 11.7. The molecule has 0 saturated carbocycles. The number of fused-ring (bicyclic) bond motifs is 1. The molecule has 0 aliphatic rings. The molecule has 0 bridgehead atoms. The minimum Gasteiger partial charge on any atom is -0.493 e. The molecule has 4 rings (SSSR count). The molecule has 182 valence electrons. The average molecular weight is 470 g/mol. The van der Waals surface area contributed by atoms with Crippen LogP contribution in [0.15, 0.2) is 72.8 Å². The van der Waals surface area contributed by atoms with Crippen molar-refractivity contribution in [3.05, 3.63) is 95.3 Å². The van der Waals surface area contributed by atoms with Crippen LogP contribution >= 0.6 is 0 Å². The van der Waals surface area contributed by atoms with Gasteiger partial charge in [0, 0.05) is 19.5 Å². The molecule has 0 aliphatic carbocycles. The van der Waals surface area contributed by atoms with Gasteiger partial charge in [-0.15, -0.1) is 0 Å². The van der Waals surface area contributed by atoms with Crippen molar-refractivity contribution in [2.24, 2.45) is 0 Å². The number of ether oxygens (including phenoxy) is 1. The van der Waals surface area contributed by atoms with Gasteiger partial charge in [-0.1, -0.05) is 68.4 Å². The van der Waals surface area contributed by atoms with E-state index in [0.717, 1.165) is 46.7 Å². The second-order valence-corrected chi connectivity index (χ2v) is 9.27. The van der Waals surface area contributed by atoms with E-state index in [2.05, 4.69) is 41.9 Å². The molecule has 35 heavy (non-hydrogen) atoms. The topological polar surface area (TPSA) is 56.2 Å². The highest BCUT2D eigenvalue weighted by molar-refractivity contribution is 5.79. The summed E-state index contributed by atoms with van der Waals surface area (Å²) in [5, 5.41) is 3.07. The number of carbonyl (C=O) groups excluding carboxylic acids is 1. The molecule has 4 aromatic rings. The largest absolute Gasteiger partial charge is 0.493 e. The van der Waals surface area contributed by atoms with Crippen LogP contribution in [0.3, 0.4) is 0 Å². The Morgan fingerprint density at radius 2 is 1.74 bits per heavy atom. The second-order valence-electron chi connectivity index (χ2n) is 9.27. The van der Waals surface area contributed by atoms with Crippen LogP contribution in [0.1, 0.15) is 48.7 Å². The predicted octanol–water partition coefficient (Wildman–Crippen LogP) is 5.84. The lowest BCUT2D eigenvalue weighted by molar-refractivity contribution is -0.120. The van der Waals surface area contributed by atoms with Crippen LogP contribution in [0.5, 0.6) is 5.75 Å². The van der Waals surface area contributed by atoms with Crippen molar-refractivity contribution in [2.45, 2.75) is 52.5 Å². The lowest BCUT2D eigenvalue weighted by atomic mass is 10.0. The standard InChI is InChI=1S/C30H35N3O2/c1-22(2)25-13-6-9-16-28(25)35-20-10-19-33-27-15-8-7-14-26(27)32-29(33)17-18-31-30(34)21-24-12-5-4-11-23(24)3/h4-9,11-16,22H,10,17-21H2,1-3H3,(H,31,34). The van der Waals surface area contributed by atoms with Gasteiger partial charge in [-0.3, -0.25) is 4.79 Å². The van der Waals surface area contributed by atoms with Gasteiger partial charge in [-0.05, 0) is 54.2 Å². The Balaban J connectivity index is 1.35. The third-order valence-electron chi connectivity index (χ3n) is 6.34. The molecule has 0 saturated heterocycles. The molecule has 5 heteroatoms. The van der Waals surface area contributed by atoms with Crippen LogP contribution in [0.25, 0.3) is 11.0 Å². The average Bonchev–Trinajstić information content (AvgIpc) is 3.20. The van der Waals surface area contributed by atoms with Crippen molar-refractivity contribution in [3.8, 4) is 5.75 Å². The number of aromatic nitrogens is 2. The summed E-state index contributed by atoms with van der Waals surface area (Å²) >= 11 is 0. The quantitative estimate of drug-likeness (QED) is 0.281. The van der Waals surface area contributed by atoms with Crippen molar-refractivity contribution in [1.29, 1.82) is 0 Å². The Morgan fingerprint density at radius 3 is 2.57 bits per heavy atom. The summed E-state index contributed by atoms with van der Waals surface area (Å²) in [5.74, 6) is 2.43. The van der Waals surface area contributed by atoms with Gasteiger partial charge in [-0.25, -0.2) is 4.98 Å². The lowest BCUT2D eigenvalue weighted by Gasteiger charge is -2.15. The summed E-state index contributed by atoms with van der Waals surface area (Å²) in [4.78, 5) is 17.3. The fourth-order valence-electron chi connectivity index (χ4n) is 4.42. The predicted molar refractivity (Wildman–Crippen MR) is 142 cm³/mol. The smallest absolute Gasteiger partial charge is 0.224 e. The highest BCUT2D eigenvalue weighted by Gasteiger charge is 2.12. The van der Waals surface area contributed by atoms with Crippen molar-refractivity contribution in [2.75, 3.05) is 13.2 Å². The zero-order valence-corrected chi connectivity index (χ0v) is 21.0. The third-order valence-corrected chi connectivity index (χ3v) is 6.34. The summed E-state index contributed by atoms with van der Waals surface area (Å²) in [6.07, 6.45) is 1.96. The number of para-hydroxylation sites is 3. The number of hydrogen-bond donors (Lipinski definition) is 1. The van der Waals surface area contributed by atoms with Crippen LogP contribution in [-0.2, 0) is 24.2 Å². The number of benzene rings is 3. The van der Waals surface area contributed by atoms with Crippen LogP contribution in [0, 0.1) is 6.92 Å². The Bertz CT molecular complexity index is 1280. The molecule has 5 nitrogen and oxygen atoms in total. The molecule has 0 radical (unpaired) electrons. The highest BCUT2D eigenvalue weighted by atomic mass is 16.5. The maximum atomic E-state index is 12.5. The zero-order chi connectivity index (χ0) is 24.6. The van der Waals surface area contributed by atoms with Gasteiger partial charge in [0.1, 0.15) is 11.6 Å². The fraction of sp³-hybridized carbons (Fsp3) is 0.333. The number of carbonyl (C=O) groups is 1. The van der Waals surface area contributed by atoms with E-state index >= 15 is 0 Å². The SMILES string of the molecule is Cc1ccccc1CC(=O)NCCc1nc2ccccc2n1CCCOc1ccccc1C(C)C. The van der Waals surface area contributed by atoms with Gasteiger partial charge in [0.2, 0.25) is 5.91 Å². The summed E-state index contributed by atoms with van der Waals surface area (Å²) in [6.45, 7) is 8.43. The maximum absolute atomic E-state index is 12.5. The fourth-order valence-corrected chi connectivity index (χ4v) is 4.42. The Kier molecular flexibility index (Phi) is 8.19. The van der Waals surface area contributed by atoms with Crippen LogP contribution < -0.4 is 10.1 Å². The molecule has 1 aromatic heterocycles. The summed E-state index contributed by atoms with van der Waals surface area (Å²) in [7, 11) is 0. The van der Waals surface area contributed by atoms with E-state index in [1.54, 1.807) is 0 Å². The normalized spacial score (nSPS) is 11.2. The van der Waals surface area contributed by atoms with Crippen molar-refractivity contribution >= 4 is 16.9 Å². The van der Waals surface area contributed by atoms with Gasteiger partial charge in [0.25, 0.3) is 0 Å². The van der Waals surface area contributed by atoms with Crippen molar-refractivity contribution < 1.29 is 9.53 Å². The summed E-state index contributed by atoms with van der Waals surface area (Å²) in [6, 6.07) is 24.5. The first-order valence-electron chi connectivity index (χ1n) is 12.5. The molecule has 0 spiro atoms. The molecular formula is C30H35N3O2. The first-order chi connectivity index (χ1) is 17.0. The van der Waals surface area contributed by atoms with Crippen molar-refractivity contribution in [3.63, 3.8) is 0 Å². The van der Waals surface area contributed by atoms with Crippen LogP contribution in [0.2, 0.25) is 0 Å². The van der Waals surface area contributed by atoms with E-state index in [4.69, 9.17) is 9.72 Å². The number of nitrogens with zero attached hydrogens (tertiary/aromatic N) is 2. The van der Waals surface area contributed by atoms with E-state index < -0.39 is 0 Å². The van der Waals surface area contributed by atoms with Gasteiger partial charge < -0.3 is 14.6 Å². The molecule has 3 aromatic carbocycles. The van der Waals surface area contributed by atoms with Crippen LogP contribution in [-0.4, -0.2) is 28.6 Å². The molecular weight excluding hydrogens is 434 g/mol. The Labute approximate surface area is 208 Å². The molecule has 1 heterocycles. The number of rotatable bonds is 11. The van der Waals surface area contributed by atoms with Crippen LogP contribution in [0.4, 0.5) is 0 Å². The summed E-state index contributed by atoms with van der Waals surface area (Å²) in [5.41, 5.74) is 5.55. The van der Waals surface area contributed by atoms with E-state index in [0.29, 0.717) is 31.9 Å².